The third kappa shape index (κ3) is 6.37. The topological polar surface area (TPSA) is 155 Å². The van der Waals surface area contributed by atoms with Gasteiger partial charge in [0.15, 0.2) is 12.6 Å². The molecule has 10 atom stereocenters. The Bertz CT molecular complexity index is 1640. The molecule has 3 saturated heterocycles. The standard InChI is InChI=1S/C33H36N6O7/c1-20-29(41-17-21-10-4-2-5-11-21)28(40)25(16-39-24-15-9-8-14-23(24)35-38-39)44-32(20)46-30-26-19-43-33(45-26)27(36-37-34)31(30)42-18-22-12-6-3-7-13-22/h2-15,20,25-33,40H,16-19H2,1H3/t20?,25?,26-,27?,28-,29-,30+,31?,32-,33+/m0/s1. The monoisotopic (exact) mass is 628 g/mol. The van der Waals surface area contributed by atoms with Gasteiger partial charge in [0.25, 0.3) is 0 Å². The van der Waals surface area contributed by atoms with Crippen LogP contribution in [0.3, 0.4) is 0 Å². The molecule has 240 valence electrons. The molecule has 0 spiro atoms. The fourth-order valence-electron chi connectivity index (χ4n) is 6.41. The molecule has 0 radical (unpaired) electrons. The summed E-state index contributed by atoms with van der Waals surface area (Å²) in [5.74, 6) is -0.407. The Hall–Kier alpha value is -3.91. The van der Waals surface area contributed by atoms with Crippen molar-refractivity contribution in [1.29, 1.82) is 0 Å². The molecule has 0 saturated carbocycles. The average Bonchev–Trinajstić information content (AvgIpc) is 3.71. The van der Waals surface area contributed by atoms with Crippen LogP contribution in [-0.2, 0) is 48.2 Å². The second kappa shape index (κ2) is 13.8. The second-order valence-electron chi connectivity index (χ2n) is 11.8. The molecule has 3 aromatic carbocycles. The average molecular weight is 629 g/mol. The van der Waals surface area contributed by atoms with E-state index in [0.717, 1.165) is 22.2 Å². The molecule has 7 rings (SSSR count). The summed E-state index contributed by atoms with van der Waals surface area (Å²) in [7, 11) is 0. The van der Waals surface area contributed by atoms with Gasteiger partial charge in [-0.3, -0.25) is 0 Å². The summed E-state index contributed by atoms with van der Waals surface area (Å²) in [5, 5.41) is 24.2. The van der Waals surface area contributed by atoms with Crippen molar-refractivity contribution < 1.29 is 33.5 Å². The van der Waals surface area contributed by atoms with Crippen LogP contribution in [0.4, 0.5) is 0 Å². The van der Waals surface area contributed by atoms with Crippen LogP contribution in [0.2, 0.25) is 0 Å². The van der Waals surface area contributed by atoms with Gasteiger partial charge in [-0.15, -0.1) is 5.10 Å². The van der Waals surface area contributed by atoms with E-state index in [1.807, 2.05) is 91.9 Å². The summed E-state index contributed by atoms with van der Waals surface area (Å²) in [5.41, 5.74) is 12.9. The lowest BCUT2D eigenvalue weighted by Gasteiger charge is -2.46. The number of azide groups is 1. The van der Waals surface area contributed by atoms with E-state index < -0.39 is 61.2 Å². The summed E-state index contributed by atoms with van der Waals surface area (Å²) in [4.78, 5) is 3.06. The van der Waals surface area contributed by atoms with Gasteiger partial charge in [0.2, 0.25) is 0 Å². The molecule has 3 aliphatic rings. The van der Waals surface area contributed by atoms with E-state index in [9.17, 15) is 10.6 Å². The lowest BCUT2D eigenvalue weighted by atomic mass is 9.91. The molecule has 4 unspecified atom stereocenters. The van der Waals surface area contributed by atoms with Crippen molar-refractivity contribution >= 4 is 11.0 Å². The van der Waals surface area contributed by atoms with Gasteiger partial charge in [-0.1, -0.05) is 90.0 Å². The number of para-hydroxylation sites is 1. The number of aromatic nitrogens is 3. The highest BCUT2D eigenvalue weighted by Gasteiger charge is 2.54. The molecule has 2 bridgehead atoms. The minimum Gasteiger partial charge on any atom is -0.388 e. The summed E-state index contributed by atoms with van der Waals surface area (Å²) in [6.45, 7) is 2.94. The van der Waals surface area contributed by atoms with E-state index in [2.05, 4.69) is 20.3 Å². The molecule has 3 fully saturated rings. The predicted octanol–water partition coefficient (Wildman–Crippen LogP) is 4.14. The quantitative estimate of drug-likeness (QED) is 0.147. The third-order valence-electron chi connectivity index (χ3n) is 8.83. The molecule has 4 heterocycles. The van der Waals surface area contributed by atoms with Crippen LogP contribution in [0.15, 0.2) is 90.0 Å². The smallest absolute Gasteiger partial charge is 0.169 e. The third-order valence-corrected chi connectivity index (χ3v) is 8.83. The lowest BCUT2D eigenvalue weighted by Crippen LogP contribution is -2.61. The molecular formula is C33H36N6O7. The number of benzene rings is 3. The largest absolute Gasteiger partial charge is 0.388 e. The molecule has 46 heavy (non-hydrogen) atoms. The molecule has 13 nitrogen and oxygen atoms in total. The minimum absolute atomic E-state index is 0.213. The molecule has 4 aromatic rings. The highest BCUT2D eigenvalue weighted by Crippen LogP contribution is 2.38. The zero-order valence-corrected chi connectivity index (χ0v) is 25.3. The van der Waals surface area contributed by atoms with Crippen molar-refractivity contribution in [3.8, 4) is 0 Å². The number of nitrogens with zero attached hydrogens (tertiary/aromatic N) is 6. The minimum atomic E-state index is -0.996. The van der Waals surface area contributed by atoms with Crippen LogP contribution in [-0.4, -0.2) is 82.0 Å². The van der Waals surface area contributed by atoms with E-state index in [0.29, 0.717) is 6.61 Å². The molecule has 3 aliphatic heterocycles. The van der Waals surface area contributed by atoms with E-state index in [1.165, 1.54) is 0 Å². The molecule has 0 aliphatic carbocycles. The number of hydrogen-bond acceptors (Lipinski definition) is 10. The SMILES string of the molecule is CC1[C@H](O[C@H]2C(OCc3ccccc3)C(N=[N+]=[N-])[C@@H]3OC[C@@H]2O3)OC(Cn2nnc3ccccc32)[C@H](O)[C@H]1OCc1ccccc1. The van der Waals surface area contributed by atoms with Gasteiger partial charge in [0, 0.05) is 10.8 Å². The fraction of sp³-hybridized carbons (Fsp3) is 0.455. The van der Waals surface area contributed by atoms with Gasteiger partial charge in [-0.25, -0.2) is 4.68 Å². The van der Waals surface area contributed by atoms with Crippen LogP contribution in [0.25, 0.3) is 21.5 Å². The van der Waals surface area contributed by atoms with E-state index >= 15 is 0 Å². The number of aliphatic hydroxyl groups is 1. The first-order chi connectivity index (χ1) is 22.6. The molecule has 1 aromatic heterocycles. The van der Waals surface area contributed by atoms with Crippen LogP contribution in [0, 0.1) is 5.92 Å². The Morgan fingerprint density at radius 1 is 0.913 bits per heavy atom. The maximum absolute atomic E-state index is 11.7. The van der Waals surface area contributed by atoms with Crippen molar-refractivity contribution in [2.75, 3.05) is 6.61 Å². The van der Waals surface area contributed by atoms with Gasteiger partial charge in [-0.05, 0) is 28.8 Å². The molecule has 13 heteroatoms. The molecule has 1 N–H and O–H groups in total. The lowest BCUT2D eigenvalue weighted by molar-refractivity contribution is -0.324. The van der Waals surface area contributed by atoms with Crippen molar-refractivity contribution in [1.82, 2.24) is 15.0 Å². The van der Waals surface area contributed by atoms with Crippen LogP contribution < -0.4 is 0 Å². The Morgan fingerprint density at radius 2 is 1.59 bits per heavy atom. The van der Waals surface area contributed by atoms with Crippen molar-refractivity contribution in [2.24, 2.45) is 11.0 Å². The zero-order chi connectivity index (χ0) is 31.5. The van der Waals surface area contributed by atoms with Crippen LogP contribution in [0.5, 0.6) is 0 Å². The predicted molar refractivity (Wildman–Crippen MR) is 164 cm³/mol. The summed E-state index contributed by atoms with van der Waals surface area (Å²) in [6, 6.07) is 26.4. The first-order valence-electron chi connectivity index (χ1n) is 15.5. The number of aliphatic hydroxyl groups excluding tert-OH is 1. The van der Waals surface area contributed by atoms with Crippen molar-refractivity contribution in [2.45, 2.75) is 81.9 Å². The Labute approximate surface area is 265 Å². The van der Waals surface area contributed by atoms with E-state index in [-0.39, 0.29) is 19.8 Å². The normalized spacial score (nSPS) is 32.3. The van der Waals surface area contributed by atoms with Gasteiger partial charge < -0.3 is 33.5 Å². The fourth-order valence-corrected chi connectivity index (χ4v) is 6.41. The van der Waals surface area contributed by atoms with Crippen molar-refractivity contribution in [3.63, 3.8) is 0 Å². The van der Waals surface area contributed by atoms with E-state index in [1.54, 1.807) is 4.68 Å². The maximum Gasteiger partial charge on any atom is 0.169 e. The summed E-state index contributed by atoms with van der Waals surface area (Å²) >= 11 is 0. The number of rotatable bonds is 11. The first-order valence-corrected chi connectivity index (χ1v) is 15.5. The Balaban J connectivity index is 1.16. The van der Waals surface area contributed by atoms with Gasteiger partial charge >= 0.3 is 0 Å². The summed E-state index contributed by atoms with van der Waals surface area (Å²) in [6.07, 6.45) is -5.86. The number of ether oxygens (including phenoxy) is 6. The van der Waals surface area contributed by atoms with Gasteiger partial charge in [0.05, 0.1) is 38.0 Å². The molecular weight excluding hydrogens is 592 g/mol. The highest BCUT2D eigenvalue weighted by atomic mass is 16.8. The highest BCUT2D eigenvalue weighted by molar-refractivity contribution is 5.73. The zero-order valence-electron chi connectivity index (χ0n) is 25.3. The Kier molecular flexibility index (Phi) is 9.24. The van der Waals surface area contributed by atoms with Crippen molar-refractivity contribution in [3.05, 3.63) is 106 Å². The van der Waals surface area contributed by atoms with Gasteiger partial charge in [0.1, 0.15) is 42.1 Å². The van der Waals surface area contributed by atoms with E-state index in [4.69, 9.17) is 28.4 Å². The number of hydrogen-bond donors (Lipinski definition) is 1. The summed E-state index contributed by atoms with van der Waals surface area (Å²) < 4.78 is 39.8. The van der Waals surface area contributed by atoms with Crippen LogP contribution in [0.1, 0.15) is 18.1 Å². The molecule has 0 amide bonds. The van der Waals surface area contributed by atoms with Crippen LogP contribution >= 0.6 is 0 Å². The Morgan fingerprint density at radius 3 is 2.30 bits per heavy atom. The second-order valence-corrected chi connectivity index (χ2v) is 11.8. The first kappa shape index (κ1) is 30.7. The number of fused-ring (bicyclic) bond motifs is 3. The maximum atomic E-state index is 11.7. The van der Waals surface area contributed by atoms with Gasteiger partial charge in [-0.2, -0.15) is 0 Å².